The predicted octanol–water partition coefficient (Wildman–Crippen LogP) is 0.849. The van der Waals surface area contributed by atoms with Crippen molar-refractivity contribution in [3.05, 3.63) is 12.2 Å². The fourth-order valence-corrected chi connectivity index (χ4v) is 3.29. The minimum atomic E-state index is -0.797. The maximum atomic E-state index is 12.7. The molecule has 0 bridgehead atoms. The van der Waals surface area contributed by atoms with Crippen LogP contribution in [-0.2, 0) is 14.4 Å². The largest absolute Gasteiger partial charge is 0.394 e. The van der Waals surface area contributed by atoms with Crippen molar-refractivity contribution in [2.75, 3.05) is 6.61 Å². The van der Waals surface area contributed by atoms with Gasteiger partial charge in [-0.1, -0.05) is 26.0 Å². The van der Waals surface area contributed by atoms with Gasteiger partial charge < -0.3 is 10.4 Å². The number of hydrogen-bond donors (Lipinski definition) is 2. The Balaban J connectivity index is 2.23. The van der Waals surface area contributed by atoms with Crippen LogP contribution in [0.1, 0.15) is 40.0 Å². The number of likely N-dealkylation sites (tertiary alicyclic amines) is 1. The molecule has 1 aliphatic carbocycles. The van der Waals surface area contributed by atoms with Crippen LogP contribution in [0.15, 0.2) is 12.2 Å². The average molecular weight is 322 g/mol. The number of rotatable bonds is 6. The number of nitrogens with zero attached hydrogens (tertiary/aromatic N) is 1. The van der Waals surface area contributed by atoms with Gasteiger partial charge >= 0.3 is 0 Å². The predicted molar refractivity (Wildman–Crippen MR) is 85.1 cm³/mol. The highest BCUT2D eigenvalue weighted by molar-refractivity contribution is 6.08. The standard InChI is InChI=1S/C17H26N2O4/c1-10(2)8-14(15(21)18-11(3)9-20)19-16(22)12-6-4-5-7-13(12)17(19)23/h4-5,10-14,20H,6-9H2,1-3H3,(H,18,21). The second-order valence-corrected chi connectivity index (χ2v) is 6.94. The number of hydrogen-bond acceptors (Lipinski definition) is 4. The summed E-state index contributed by atoms with van der Waals surface area (Å²) >= 11 is 0. The quantitative estimate of drug-likeness (QED) is 0.561. The van der Waals surface area contributed by atoms with Gasteiger partial charge in [0.15, 0.2) is 0 Å². The second kappa shape index (κ2) is 7.25. The van der Waals surface area contributed by atoms with Crippen LogP contribution in [0.2, 0.25) is 0 Å². The van der Waals surface area contributed by atoms with Crippen LogP contribution in [0.3, 0.4) is 0 Å². The Hall–Kier alpha value is -1.69. The van der Waals surface area contributed by atoms with E-state index in [2.05, 4.69) is 5.32 Å². The maximum absolute atomic E-state index is 12.7. The lowest BCUT2D eigenvalue weighted by molar-refractivity contribution is -0.148. The van der Waals surface area contributed by atoms with Crippen LogP contribution in [0.4, 0.5) is 0 Å². The van der Waals surface area contributed by atoms with Crippen molar-refractivity contribution < 1.29 is 19.5 Å². The molecule has 1 fully saturated rings. The van der Waals surface area contributed by atoms with Gasteiger partial charge in [-0.05, 0) is 32.1 Å². The van der Waals surface area contributed by atoms with Crippen LogP contribution in [-0.4, -0.2) is 46.4 Å². The zero-order valence-electron chi connectivity index (χ0n) is 14.0. The summed E-state index contributed by atoms with van der Waals surface area (Å²) in [5.41, 5.74) is 0. The minimum absolute atomic E-state index is 0.163. The number of imide groups is 1. The van der Waals surface area contributed by atoms with Crippen LogP contribution >= 0.6 is 0 Å². The molecule has 0 saturated carbocycles. The second-order valence-electron chi connectivity index (χ2n) is 6.94. The van der Waals surface area contributed by atoms with E-state index in [1.165, 1.54) is 4.90 Å². The smallest absolute Gasteiger partial charge is 0.243 e. The van der Waals surface area contributed by atoms with Gasteiger partial charge in [0.1, 0.15) is 6.04 Å². The SMILES string of the molecule is CC(C)CC(C(=O)NC(C)CO)N1C(=O)C2CC=CCC2C1=O. The Morgan fingerprint density at radius 2 is 1.74 bits per heavy atom. The third-order valence-corrected chi connectivity index (χ3v) is 4.51. The Morgan fingerprint density at radius 3 is 2.17 bits per heavy atom. The number of nitrogens with one attached hydrogen (secondary N) is 1. The van der Waals surface area contributed by atoms with E-state index in [9.17, 15) is 14.4 Å². The normalized spacial score (nSPS) is 26.4. The van der Waals surface area contributed by atoms with Crippen molar-refractivity contribution in [3.63, 3.8) is 0 Å². The summed E-state index contributed by atoms with van der Waals surface area (Å²) < 4.78 is 0. The van der Waals surface area contributed by atoms with E-state index in [0.717, 1.165) is 0 Å². The van der Waals surface area contributed by atoms with E-state index in [0.29, 0.717) is 19.3 Å². The molecule has 1 aliphatic heterocycles. The Bertz CT molecular complexity index is 489. The number of carbonyl (C=O) groups excluding carboxylic acids is 3. The number of carbonyl (C=O) groups is 3. The highest BCUT2D eigenvalue weighted by Gasteiger charge is 2.51. The molecule has 3 amide bonds. The summed E-state index contributed by atoms with van der Waals surface area (Å²) in [5.74, 6) is -1.33. The molecule has 0 aromatic carbocycles. The van der Waals surface area contributed by atoms with Gasteiger partial charge in [-0.25, -0.2) is 0 Å². The van der Waals surface area contributed by atoms with E-state index in [-0.39, 0.29) is 42.1 Å². The van der Waals surface area contributed by atoms with E-state index in [1.54, 1.807) is 6.92 Å². The third-order valence-electron chi connectivity index (χ3n) is 4.51. The molecule has 1 heterocycles. The van der Waals surface area contributed by atoms with E-state index < -0.39 is 12.1 Å². The van der Waals surface area contributed by atoms with Gasteiger partial charge in [0, 0.05) is 6.04 Å². The lowest BCUT2D eigenvalue weighted by atomic mass is 9.85. The fourth-order valence-electron chi connectivity index (χ4n) is 3.29. The molecule has 2 rings (SSSR count). The van der Waals surface area contributed by atoms with Crippen LogP contribution in [0.25, 0.3) is 0 Å². The summed E-state index contributed by atoms with van der Waals surface area (Å²) in [7, 11) is 0. The number of amides is 3. The molecule has 4 unspecified atom stereocenters. The molecule has 0 spiro atoms. The zero-order chi connectivity index (χ0) is 17.1. The molecule has 2 N–H and O–H groups in total. The lowest BCUT2D eigenvalue weighted by Gasteiger charge is -2.28. The number of aliphatic hydroxyl groups excluding tert-OH is 1. The van der Waals surface area contributed by atoms with Gasteiger partial charge in [0.25, 0.3) is 0 Å². The molecule has 0 radical (unpaired) electrons. The van der Waals surface area contributed by atoms with Gasteiger partial charge in [-0.3, -0.25) is 19.3 Å². The first-order valence-corrected chi connectivity index (χ1v) is 8.30. The average Bonchev–Trinajstić information content (AvgIpc) is 2.77. The highest BCUT2D eigenvalue weighted by Crippen LogP contribution is 2.37. The Kier molecular flexibility index (Phi) is 5.57. The molecule has 2 aliphatic rings. The first-order chi connectivity index (χ1) is 10.9. The topological polar surface area (TPSA) is 86.7 Å². The zero-order valence-corrected chi connectivity index (χ0v) is 14.0. The molecule has 128 valence electrons. The van der Waals surface area contributed by atoms with E-state index in [1.807, 2.05) is 26.0 Å². The molecular formula is C17H26N2O4. The number of aliphatic hydroxyl groups is 1. The summed E-state index contributed by atoms with van der Waals surface area (Å²) in [6.07, 6.45) is 5.42. The van der Waals surface area contributed by atoms with Gasteiger partial charge in [0.2, 0.25) is 17.7 Å². The summed E-state index contributed by atoms with van der Waals surface area (Å²) in [4.78, 5) is 39.1. The lowest BCUT2D eigenvalue weighted by Crippen LogP contribution is -2.52. The maximum Gasteiger partial charge on any atom is 0.243 e. The molecule has 6 heteroatoms. The van der Waals surface area contributed by atoms with Crippen molar-refractivity contribution in [2.45, 2.75) is 52.1 Å². The highest BCUT2D eigenvalue weighted by atomic mass is 16.3. The van der Waals surface area contributed by atoms with Crippen LogP contribution in [0.5, 0.6) is 0 Å². The number of allylic oxidation sites excluding steroid dienone is 2. The Morgan fingerprint density at radius 1 is 1.22 bits per heavy atom. The first-order valence-electron chi connectivity index (χ1n) is 8.30. The molecule has 23 heavy (non-hydrogen) atoms. The van der Waals surface area contributed by atoms with Gasteiger partial charge in [-0.15, -0.1) is 0 Å². The van der Waals surface area contributed by atoms with E-state index in [4.69, 9.17) is 5.11 Å². The van der Waals surface area contributed by atoms with Crippen molar-refractivity contribution >= 4 is 17.7 Å². The molecule has 0 aromatic rings. The van der Waals surface area contributed by atoms with Crippen LogP contribution < -0.4 is 5.32 Å². The summed E-state index contributed by atoms with van der Waals surface area (Å²) in [5, 5.41) is 11.8. The van der Waals surface area contributed by atoms with Gasteiger partial charge in [0.05, 0.1) is 18.4 Å². The van der Waals surface area contributed by atoms with Crippen LogP contribution in [0, 0.1) is 17.8 Å². The van der Waals surface area contributed by atoms with Crippen molar-refractivity contribution in [1.29, 1.82) is 0 Å². The minimum Gasteiger partial charge on any atom is -0.394 e. The molecule has 1 saturated heterocycles. The van der Waals surface area contributed by atoms with E-state index >= 15 is 0 Å². The number of fused-ring (bicyclic) bond motifs is 1. The van der Waals surface area contributed by atoms with Gasteiger partial charge in [-0.2, -0.15) is 0 Å². The monoisotopic (exact) mass is 322 g/mol. The molecular weight excluding hydrogens is 296 g/mol. The molecule has 0 aromatic heterocycles. The Labute approximate surface area is 136 Å². The molecule has 6 nitrogen and oxygen atoms in total. The summed E-state index contributed by atoms with van der Waals surface area (Å²) in [6.45, 7) is 5.41. The summed E-state index contributed by atoms with van der Waals surface area (Å²) in [6, 6.07) is -1.21. The van der Waals surface area contributed by atoms with Crippen molar-refractivity contribution in [3.8, 4) is 0 Å². The third kappa shape index (κ3) is 3.63. The van der Waals surface area contributed by atoms with Crippen molar-refractivity contribution in [1.82, 2.24) is 10.2 Å². The first kappa shape index (κ1) is 17.7. The molecule has 4 atom stereocenters. The fraction of sp³-hybridized carbons (Fsp3) is 0.706. The van der Waals surface area contributed by atoms with Crippen molar-refractivity contribution in [2.24, 2.45) is 17.8 Å².